The van der Waals surface area contributed by atoms with Crippen molar-refractivity contribution in [2.75, 3.05) is 5.32 Å². The summed E-state index contributed by atoms with van der Waals surface area (Å²) in [5.41, 5.74) is 3.12. The maximum Gasteiger partial charge on any atom is 0.329 e. The Kier molecular flexibility index (Phi) is 4.71. The minimum absolute atomic E-state index is 0.0328. The number of aromatic hydroxyl groups is 1. The molecule has 6 heteroatoms. The van der Waals surface area contributed by atoms with Gasteiger partial charge in [-0.05, 0) is 29.0 Å². The first-order valence-corrected chi connectivity index (χ1v) is 7.55. The SMILES string of the molecule is O=C(N/N=C/c1c(O)ccc2ccccc12)C(=O)Nc1ccccc1. The van der Waals surface area contributed by atoms with Crippen LogP contribution in [0.25, 0.3) is 10.8 Å². The fourth-order valence-corrected chi connectivity index (χ4v) is 2.34. The number of hydrazone groups is 1. The lowest BCUT2D eigenvalue weighted by Gasteiger charge is -2.05. The van der Waals surface area contributed by atoms with Crippen LogP contribution in [0.2, 0.25) is 0 Å². The molecule has 0 atom stereocenters. The zero-order valence-corrected chi connectivity index (χ0v) is 13.1. The minimum Gasteiger partial charge on any atom is -0.507 e. The third kappa shape index (κ3) is 3.81. The number of nitrogens with one attached hydrogen (secondary N) is 2. The van der Waals surface area contributed by atoms with Crippen molar-refractivity contribution in [1.82, 2.24) is 5.43 Å². The van der Waals surface area contributed by atoms with Gasteiger partial charge in [0.1, 0.15) is 5.75 Å². The largest absolute Gasteiger partial charge is 0.507 e. The molecule has 3 rings (SSSR count). The molecule has 3 aromatic carbocycles. The van der Waals surface area contributed by atoms with E-state index in [2.05, 4.69) is 15.8 Å². The summed E-state index contributed by atoms with van der Waals surface area (Å²) in [6.45, 7) is 0. The number of para-hydroxylation sites is 1. The van der Waals surface area contributed by atoms with Gasteiger partial charge in [-0.2, -0.15) is 5.10 Å². The number of anilines is 1. The molecule has 0 aliphatic carbocycles. The summed E-state index contributed by atoms with van der Waals surface area (Å²) in [6, 6.07) is 19.4. The molecule has 0 heterocycles. The number of phenols is 1. The predicted octanol–water partition coefficient (Wildman–Crippen LogP) is 2.63. The van der Waals surface area contributed by atoms with Gasteiger partial charge >= 0.3 is 11.8 Å². The molecule has 0 unspecified atom stereocenters. The van der Waals surface area contributed by atoms with Gasteiger partial charge in [0.2, 0.25) is 0 Å². The number of carbonyl (C=O) groups is 2. The van der Waals surface area contributed by atoms with Gasteiger partial charge in [-0.25, -0.2) is 5.43 Å². The van der Waals surface area contributed by atoms with E-state index in [4.69, 9.17) is 0 Å². The highest BCUT2D eigenvalue weighted by molar-refractivity contribution is 6.39. The van der Waals surface area contributed by atoms with Crippen molar-refractivity contribution in [2.24, 2.45) is 5.10 Å². The number of nitrogens with zero attached hydrogens (tertiary/aromatic N) is 1. The molecule has 2 amide bonds. The highest BCUT2D eigenvalue weighted by atomic mass is 16.3. The van der Waals surface area contributed by atoms with Gasteiger partial charge in [-0.1, -0.05) is 48.5 Å². The van der Waals surface area contributed by atoms with Crippen LogP contribution in [0.1, 0.15) is 5.56 Å². The van der Waals surface area contributed by atoms with Crippen LogP contribution in [0.15, 0.2) is 71.8 Å². The number of fused-ring (bicyclic) bond motifs is 1. The summed E-state index contributed by atoms with van der Waals surface area (Å²) in [7, 11) is 0. The Bertz CT molecular complexity index is 953. The summed E-state index contributed by atoms with van der Waals surface area (Å²) in [4.78, 5) is 23.6. The molecule has 0 aromatic heterocycles. The van der Waals surface area contributed by atoms with Crippen LogP contribution in [0.3, 0.4) is 0 Å². The summed E-state index contributed by atoms with van der Waals surface area (Å²) >= 11 is 0. The average Bonchev–Trinajstić information content (AvgIpc) is 2.64. The highest BCUT2D eigenvalue weighted by Crippen LogP contribution is 2.25. The van der Waals surface area contributed by atoms with Gasteiger partial charge in [0.25, 0.3) is 0 Å². The standard InChI is InChI=1S/C19H15N3O3/c23-17-11-10-13-6-4-5-9-15(13)16(17)12-20-22-19(25)18(24)21-14-7-2-1-3-8-14/h1-12,23H,(H,21,24)(H,22,25)/b20-12+. The van der Waals surface area contributed by atoms with E-state index in [-0.39, 0.29) is 5.75 Å². The third-order valence-electron chi connectivity index (χ3n) is 3.55. The predicted molar refractivity (Wildman–Crippen MR) is 96.4 cm³/mol. The van der Waals surface area contributed by atoms with E-state index < -0.39 is 11.8 Å². The summed E-state index contributed by atoms with van der Waals surface area (Å²) in [5, 5.41) is 17.9. The van der Waals surface area contributed by atoms with Crippen LogP contribution >= 0.6 is 0 Å². The van der Waals surface area contributed by atoms with E-state index in [0.717, 1.165) is 10.8 Å². The highest BCUT2D eigenvalue weighted by Gasteiger charge is 2.12. The second-order valence-corrected chi connectivity index (χ2v) is 5.24. The van der Waals surface area contributed by atoms with Crippen LogP contribution in [-0.2, 0) is 9.59 Å². The molecule has 124 valence electrons. The van der Waals surface area contributed by atoms with E-state index in [9.17, 15) is 14.7 Å². The Labute approximate surface area is 143 Å². The van der Waals surface area contributed by atoms with Gasteiger partial charge in [-0.3, -0.25) is 9.59 Å². The van der Waals surface area contributed by atoms with Crippen molar-refractivity contribution >= 4 is 34.5 Å². The van der Waals surface area contributed by atoms with Crippen molar-refractivity contribution in [1.29, 1.82) is 0 Å². The maximum atomic E-state index is 11.8. The Balaban J connectivity index is 1.70. The maximum absolute atomic E-state index is 11.8. The smallest absolute Gasteiger partial charge is 0.329 e. The van der Waals surface area contributed by atoms with E-state index in [1.54, 1.807) is 42.5 Å². The Morgan fingerprint density at radius 1 is 0.880 bits per heavy atom. The van der Waals surface area contributed by atoms with Gasteiger partial charge in [0.15, 0.2) is 0 Å². The fraction of sp³-hybridized carbons (Fsp3) is 0. The number of benzene rings is 3. The normalized spacial score (nSPS) is 10.7. The van der Waals surface area contributed by atoms with Gasteiger partial charge in [-0.15, -0.1) is 0 Å². The monoisotopic (exact) mass is 333 g/mol. The molecule has 0 radical (unpaired) electrons. The second kappa shape index (κ2) is 7.27. The van der Waals surface area contributed by atoms with Crippen LogP contribution < -0.4 is 10.7 Å². The van der Waals surface area contributed by atoms with E-state index in [0.29, 0.717) is 11.3 Å². The van der Waals surface area contributed by atoms with Crippen molar-refractivity contribution < 1.29 is 14.7 Å². The number of hydrogen-bond acceptors (Lipinski definition) is 4. The van der Waals surface area contributed by atoms with E-state index in [1.807, 2.05) is 24.3 Å². The fourth-order valence-electron chi connectivity index (χ4n) is 2.34. The summed E-state index contributed by atoms with van der Waals surface area (Å²) in [5.74, 6) is -1.70. The quantitative estimate of drug-likeness (QED) is 0.391. The molecule has 3 N–H and O–H groups in total. The zero-order valence-electron chi connectivity index (χ0n) is 13.1. The van der Waals surface area contributed by atoms with Crippen LogP contribution in [-0.4, -0.2) is 23.1 Å². The number of hydrogen-bond donors (Lipinski definition) is 3. The molecule has 0 spiro atoms. The first-order chi connectivity index (χ1) is 12.1. The molecule has 3 aromatic rings. The number of rotatable bonds is 3. The summed E-state index contributed by atoms with van der Waals surface area (Å²) < 4.78 is 0. The third-order valence-corrected chi connectivity index (χ3v) is 3.55. The molecule has 0 fully saturated rings. The van der Waals surface area contributed by atoms with Gasteiger partial charge < -0.3 is 10.4 Å². The Hall–Kier alpha value is -3.67. The molecule has 0 saturated heterocycles. The molecule has 0 saturated carbocycles. The molecule has 0 bridgehead atoms. The van der Waals surface area contributed by atoms with Crippen LogP contribution in [0.5, 0.6) is 5.75 Å². The summed E-state index contributed by atoms with van der Waals surface area (Å²) in [6.07, 6.45) is 1.31. The first kappa shape index (κ1) is 16.2. The van der Waals surface area contributed by atoms with Crippen molar-refractivity contribution in [3.8, 4) is 5.75 Å². The number of amides is 2. The molecular formula is C19H15N3O3. The first-order valence-electron chi connectivity index (χ1n) is 7.55. The lowest BCUT2D eigenvalue weighted by molar-refractivity contribution is -0.136. The Morgan fingerprint density at radius 2 is 1.60 bits per heavy atom. The topological polar surface area (TPSA) is 90.8 Å². The number of carbonyl (C=O) groups excluding carboxylic acids is 2. The molecule has 6 nitrogen and oxygen atoms in total. The Morgan fingerprint density at radius 3 is 2.40 bits per heavy atom. The molecular weight excluding hydrogens is 318 g/mol. The van der Waals surface area contributed by atoms with E-state index in [1.165, 1.54) is 6.21 Å². The second-order valence-electron chi connectivity index (χ2n) is 5.24. The zero-order chi connectivity index (χ0) is 17.6. The van der Waals surface area contributed by atoms with Crippen molar-refractivity contribution in [3.63, 3.8) is 0 Å². The molecule has 25 heavy (non-hydrogen) atoms. The lowest BCUT2D eigenvalue weighted by Crippen LogP contribution is -2.32. The number of phenolic OH excluding ortho intramolecular Hbond substituents is 1. The molecule has 0 aliphatic rings. The van der Waals surface area contributed by atoms with Gasteiger partial charge in [0.05, 0.1) is 6.21 Å². The molecule has 0 aliphatic heterocycles. The van der Waals surface area contributed by atoms with E-state index >= 15 is 0 Å². The average molecular weight is 333 g/mol. The van der Waals surface area contributed by atoms with Crippen molar-refractivity contribution in [2.45, 2.75) is 0 Å². The lowest BCUT2D eigenvalue weighted by atomic mass is 10.0. The van der Waals surface area contributed by atoms with Crippen LogP contribution in [0.4, 0.5) is 5.69 Å². The van der Waals surface area contributed by atoms with Crippen molar-refractivity contribution in [3.05, 3.63) is 72.3 Å². The van der Waals surface area contributed by atoms with Crippen LogP contribution in [0, 0.1) is 0 Å². The minimum atomic E-state index is -0.903. The van der Waals surface area contributed by atoms with Gasteiger partial charge in [0, 0.05) is 11.3 Å².